The summed E-state index contributed by atoms with van der Waals surface area (Å²) in [5.41, 5.74) is 0.634. The highest BCUT2D eigenvalue weighted by atomic mass is 35.5. The third-order valence-corrected chi connectivity index (χ3v) is 7.35. The van der Waals surface area contributed by atoms with E-state index in [-0.39, 0.29) is 29.2 Å². The number of nitrogens with zero attached hydrogens (tertiary/aromatic N) is 2. The van der Waals surface area contributed by atoms with Crippen molar-refractivity contribution in [2.75, 3.05) is 17.1 Å². The second-order valence-electron chi connectivity index (χ2n) is 8.22. The van der Waals surface area contributed by atoms with Crippen LogP contribution in [0.2, 0.25) is 10.0 Å². The zero-order chi connectivity index (χ0) is 26.3. The zero-order valence-electron chi connectivity index (χ0n) is 20.1. The quantitative estimate of drug-likeness (QED) is 0.446. The topological polar surface area (TPSA) is 86.8 Å². The van der Waals surface area contributed by atoms with E-state index >= 15 is 0 Å². The Balaban J connectivity index is 2.47. The molecule has 0 aromatic heterocycles. The van der Waals surface area contributed by atoms with Gasteiger partial charge in [0, 0.05) is 17.6 Å². The number of carbonyl (C=O) groups is 2. The Hall–Kier alpha value is -2.36. The standard InChI is InChI=1S/C24H30Cl2FN3O4S/c1-5-16(3)28-24(32)22(6-2)29(14-17-9-7-8-10-19(17)25)23(31)15-30(35(4,33)34)18-11-12-21(27)20(26)13-18/h7-13,16,22H,5-6,14-15H2,1-4H3,(H,28,32)/t16-,22+/m1/s1. The van der Waals surface area contributed by atoms with Crippen LogP contribution in [0.1, 0.15) is 39.2 Å². The number of amides is 2. The molecule has 0 spiro atoms. The molecule has 192 valence electrons. The summed E-state index contributed by atoms with van der Waals surface area (Å²) in [5.74, 6) is -1.69. The van der Waals surface area contributed by atoms with Crippen molar-refractivity contribution in [2.45, 2.75) is 52.2 Å². The van der Waals surface area contributed by atoms with Gasteiger partial charge in [-0.1, -0.05) is 55.2 Å². The van der Waals surface area contributed by atoms with Gasteiger partial charge in [0.25, 0.3) is 0 Å². The van der Waals surface area contributed by atoms with Crippen LogP contribution in [0.3, 0.4) is 0 Å². The molecular formula is C24H30Cl2FN3O4S. The third-order valence-electron chi connectivity index (χ3n) is 5.56. The summed E-state index contributed by atoms with van der Waals surface area (Å²) in [6.07, 6.45) is 1.93. The molecule has 0 saturated carbocycles. The van der Waals surface area contributed by atoms with E-state index in [4.69, 9.17) is 23.2 Å². The molecule has 0 radical (unpaired) electrons. The summed E-state index contributed by atoms with van der Waals surface area (Å²) in [6, 6.07) is 9.31. The van der Waals surface area contributed by atoms with Crippen LogP contribution in [0.15, 0.2) is 42.5 Å². The predicted octanol–water partition coefficient (Wildman–Crippen LogP) is 4.62. The van der Waals surface area contributed by atoms with Gasteiger partial charge in [0.1, 0.15) is 18.4 Å². The molecule has 0 fully saturated rings. The maximum Gasteiger partial charge on any atom is 0.244 e. The van der Waals surface area contributed by atoms with Crippen molar-refractivity contribution in [3.8, 4) is 0 Å². The van der Waals surface area contributed by atoms with Gasteiger partial charge < -0.3 is 10.2 Å². The second-order valence-corrected chi connectivity index (χ2v) is 10.9. The minimum absolute atomic E-state index is 0.00723. The third kappa shape index (κ3) is 7.81. The molecule has 0 saturated heterocycles. The van der Waals surface area contributed by atoms with E-state index in [0.29, 0.717) is 23.4 Å². The van der Waals surface area contributed by atoms with Crippen molar-refractivity contribution in [3.05, 3.63) is 63.9 Å². The number of hydrogen-bond donors (Lipinski definition) is 1. The molecule has 2 amide bonds. The Morgan fingerprint density at radius 3 is 2.26 bits per heavy atom. The minimum atomic E-state index is -3.95. The monoisotopic (exact) mass is 545 g/mol. The van der Waals surface area contributed by atoms with E-state index in [1.165, 1.54) is 11.0 Å². The fraction of sp³-hybridized carbons (Fsp3) is 0.417. The summed E-state index contributed by atoms with van der Waals surface area (Å²) >= 11 is 12.2. The Morgan fingerprint density at radius 2 is 1.71 bits per heavy atom. The van der Waals surface area contributed by atoms with E-state index < -0.39 is 34.3 Å². The lowest BCUT2D eigenvalue weighted by Gasteiger charge is -2.33. The average Bonchev–Trinajstić information content (AvgIpc) is 2.79. The number of rotatable bonds is 11. The molecule has 7 nitrogen and oxygen atoms in total. The first-order valence-electron chi connectivity index (χ1n) is 11.1. The van der Waals surface area contributed by atoms with Gasteiger partial charge in [-0.15, -0.1) is 0 Å². The fourth-order valence-corrected chi connectivity index (χ4v) is 4.64. The van der Waals surface area contributed by atoms with Crippen LogP contribution in [0, 0.1) is 5.82 Å². The largest absolute Gasteiger partial charge is 0.352 e. The summed E-state index contributed by atoms with van der Waals surface area (Å²) in [7, 11) is -3.95. The van der Waals surface area contributed by atoms with Crippen molar-refractivity contribution >= 4 is 50.7 Å². The number of nitrogens with one attached hydrogen (secondary N) is 1. The normalized spacial score (nSPS) is 13.1. The van der Waals surface area contributed by atoms with Crippen LogP contribution in [0.4, 0.5) is 10.1 Å². The number of carbonyl (C=O) groups excluding carboxylic acids is 2. The number of halogens is 3. The van der Waals surface area contributed by atoms with E-state index in [1.54, 1.807) is 31.2 Å². The first kappa shape index (κ1) is 28.9. The van der Waals surface area contributed by atoms with Gasteiger partial charge in [-0.2, -0.15) is 0 Å². The molecule has 1 N–H and O–H groups in total. The van der Waals surface area contributed by atoms with Crippen LogP contribution >= 0.6 is 23.2 Å². The van der Waals surface area contributed by atoms with Crippen molar-refractivity contribution < 1.29 is 22.4 Å². The number of benzene rings is 2. The van der Waals surface area contributed by atoms with Crippen LogP contribution in [-0.2, 0) is 26.2 Å². The van der Waals surface area contributed by atoms with Gasteiger partial charge in [-0.05, 0) is 49.6 Å². The lowest BCUT2D eigenvalue weighted by atomic mass is 10.1. The smallest absolute Gasteiger partial charge is 0.244 e. The molecular weight excluding hydrogens is 516 g/mol. The fourth-order valence-electron chi connectivity index (χ4n) is 3.42. The highest BCUT2D eigenvalue weighted by molar-refractivity contribution is 7.92. The van der Waals surface area contributed by atoms with Gasteiger partial charge in [-0.3, -0.25) is 13.9 Å². The SMILES string of the molecule is CC[C@@H](C)NC(=O)[C@H](CC)N(Cc1ccccc1Cl)C(=O)CN(c1ccc(F)c(Cl)c1)S(C)(=O)=O. The maximum atomic E-state index is 13.7. The van der Waals surface area contributed by atoms with Crippen LogP contribution < -0.4 is 9.62 Å². The number of sulfonamides is 1. The van der Waals surface area contributed by atoms with Crippen molar-refractivity contribution in [3.63, 3.8) is 0 Å². The Kier molecular flexibility index (Phi) is 10.4. The summed E-state index contributed by atoms with van der Waals surface area (Å²) in [6.45, 7) is 4.93. The van der Waals surface area contributed by atoms with Gasteiger partial charge in [0.15, 0.2) is 0 Å². The van der Waals surface area contributed by atoms with Gasteiger partial charge in [-0.25, -0.2) is 12.8 Å². The van der Waals surface area contributed by atoms with E-state index in [9.17, 15) is 22.4 Å². The first-order chi connectivity index (χ1) is 16.4. The van der Waals surface area contributed by atoms with Crippen molar-refractivity contribution in [2.24, 2.45) is 0 Å². The van der Waals surface area contributed by atoms with E-state index in [0.717, 1.165) is 22.7 Å². The molecule has 2 rings (SSSR count). The summed E-state index contributed by atoms with van der Waals surface area (Å²) in [4.78, 5) is 28.0. The summed E-state index contributed by atoms with van der Waals surface area (Å²) in [5, 5.41) is 3.02. The highest BCUT2D eigenvalue weighted by Gasteiger charge is 2.32. The highest BCUT2D eigenvalue weighted by Crippen LogP contribution is 2.26. The molecule has 0 bridgehead atoms. The van der Waals surface area contributed by atoms with Gasteiger partial charge in [0.2, 0.25) is 21.8 Å². The Labute approximate surface area is 216 Å². The molecule has 35 heavy (non-hydrogen) atoms. The number of hydrogen-bond acceptors (Lipinski definition) is 4. The van der Waals surface area contributed by atoms with Crippen molar-refractivity contribution in [1.82, 2.24) is 10.2 Å². The Morgan fingerprint density at radius 1 is 1.06 bits per heavy atom. The molecule has 0 aliphatic heterocycles. The molecule has 11 heteroatoms. The van der Waals surface area contributed by atoms with Crippen LogP contribution in [0.25, 0.3) is 0 Å². The lowest BCUT2D eigenvalue weighted by molar-refractivity contribution is -0.140. The average molecular weight is 546 g/mol. The molecule has 2 aromatic carbocycles. The molecule has 0 aliphatic carbocycles. The minimum Gasteiger partial charge on any atom is -0.352 e. The molecule has 0 unspecified atom stereocenters. The van der Waals surface area contributed by atoms with Crippen LogP contribution in [0.5, 0.6) is 0 Å². The van der Waals surface area contributed by atoms with Crippen molar-refractivity contribution in [1.29, 1.82) is 0 Å². The van der Waals surface area contributed by atoms with Gasteiger partial charge >= 0.3 is 0 Å². The molecule has 2 aromatic rings. The van der Waals surface area contributed by atoms with Gasteiger partial charge in [0.05, 0.1) is 17.0 Å². The zero-order valence-corrected chi connectivity index (χ0v) is 22.4. The molecule has 0 heterocycles. The lowest BCUT2D eigenvalue weighted by Crippen LogP contribution is -2.53. The maximum absolute atomic E-state index is 13.7. The number of anilines is 1. The second kappa shape index (κ2) is 12.6. The predicted molar refractivity (Wildman–Crippen MR) is 138 cm³/mol. The van der Waals surface area contributed by atoms with E-state index in [2.05, 4.69) is 5.32 Å². The molecule has 0 aliphatic rings. The first-order valence-corrected chi connectivity index (χ1v) is 13.7. The van der Waals surface area contributed by atoms with E-state index in [1.807, 2.05) is 13.8 Å². The Bertz CT molecular complexity index is 1160. The molecule has 2 atom stereocenters. The van der Waals surface area contributed by atoms with Crippen LogP contribution in [-0.4, -0.2) is 50.0 Å². The summed E-state index contributed by atoms with van der Waals surface area (Å²) < 4.78 is 39.7.